The number of aliphatic hydroxyl groups is 1. The molecule has 108 valence electrons. The van der Waals surface area contributed by atoms with E-state index >= 15 is 0 Å². The first-order chi connectivity index (χ1) is 9.10. The first-order valence-electron chi connectivity index (χ1n) is 7.49. The minimum atomic E-state index is -0.115. The molecule has 0 aliphatic heterocycles. The van der Waals surface area contributed by atoms with Gasteiger partial charge in [-0.05, 0) is 51.1 Å². The van der Waals surface area contributed by atoms with E-state index in [2.05, 4.69) is 18.9 Å². The summed E-state index contributed by atoms with van der Waals surface area (Å²) < 4.78 is 5.33. The second-order valence-corrected chi connectivity index (χ2v) is 6.11. The summed E-state index contributed by atoms with van der Waals surface area (Å²) >= 11 is 0. The van der Waals surface area contributed by atoms with Crippen LogP contribution in [0.2, 0.25) is 0 Å². The molecule has 3 unspecified atom stereocenters. The second-order valence-electron chi connectivity index (χ2n) is 6.11. The van der Waals surface area contributed by atoms with Gasteiger partial charge in [-0.1, -0.05) is 13.3 Å². The van der Waals surface area contributed by atoms with Gasteiger partial charge in [-0.15, -0.1) is 0 Å². The fourth-order valence-corrected chi connectivity index (χ4v) is 3.24. The highest BCUT2D eigenvalue weighted by molar-refractivity contribution is 5.15. The van der Waals surface area contributed by atoms with E-state index in [1.165, 1.54) is 24.8 Å². The van der Waals surface area contributed by atoms with Gasteiger partial charge in [-0.25, -0.2) is 0 Å². The van der Waals surface area contributed by atoms with Crippen LogP contribution >= 0.6 is 0 Å². The summed E-state index contributed by atoms with van der Waals surface area (Å²) in [6.45, 7) is 6.15. The molecule has 0 amide bonds. The molecule has 19 heavy (non-hydrogen) atoms. The fourth-order valence-electron chi connectivity index (χ4n) is 3.24. The van der Waals surface area contributed by atoms with E-state index in [4.69, 9.17) is 4.42 Å². The van der Waals surface area contributed by atoms with Crippen molar-refractivity contribution in [2.24, 2.45) is 11.8 Å². The number of rotatable bonds is 5. The Morgan fingerprint density at radius 1 is 1.42 bits per heavy atom. The lowest BCUT2D eigenvalue weighted by Gasteiger charge is -2.35. The van der Waals surface area contributed by atoms with E-state index in [1.807, 2.05) is 13.0 Å². The van der Waals surface area contributed by atoms with Crippen LogP contribution in [0.5, 0.6) is 0 Å². The number of furan rings is 1. The van der Waals surface area contributed by atoms with E-state index < -0.39 is 0 Å². The number of aliphatic hydroxyl groups excluding tert-OH is 1. The molecule has 1 aromatic heterocycles. The van der Waals surface area contributed by atoms with Crippen LogP contribution < -0.4 is 0 Å². The first kappa shape index (κ1) is 14.6. The Bertz CT molecular complexity index is 388. The van der Waals surface area contributed by atoms with Crippen molar-refractivity contribution in [3.8, 4) is 0 Å². The molecule has 1 aromatic rings. The lowest BCUT2D eigenvalue weighted by atomic mass is 9.78. The van der Waals surface area contributed by atoms with Crippen LogP contribution in [-0.4, -0.2) is 29.7 Å². The quantitative estimate of drug-likeness (QED) is 0.888. The van der Waals surface area contributed by atoms with Crippen LogP contribution in [0.4, 0.5) is 0 Å². The third kappa shape index (κ3) is 3.83. The Balaban J connectivity index is 1.87. The molecule has 0 spiro atoms. The van der Waals surface area contributed by atoms with Crippen LogP contribution in [0, 0.1) is 18.8 Å². The Kier molecular flexibility index (Phi) is 5.06. The van der Waals surface area contributed by atoms with E-state index in [1.54, 1.807) is 6.26 Å². The molecule has 1 N–H and O–H groups in total. The van der Waals surface area contributed by atoms with Gasteiger partial charge in [0.25, 0.3) is 0 Å². The largest absolute Gasteiger partial charge is 0.469 e. The highest BCUT2D eigenvalue weighted by Gasteiger charge is 2.29. The van der Waals surface area contributed by atoms with Crippen LogP contribution in [0.3, 0.4) is 0 Å². The summed E-state index contributed by atoms with van der Waals surface area (Å²) in [6.07, 6.45) is 6.22. The summed E-state index contributed by atoms with van der Waals surface area (Å²) in [5.41, 5.74) is 1.25. The summed E-state index contributed by atoms with van der Waals surface area (Å²) in [7, 11) is 2.13. The molecule has 1 aliphatic carbocycles. The topological polar surface area (TPSA) is 36.6 Å². The summed E-state index contributed by atoms with van der Waals surface area (Å²) in [6, 6.07) is 2.04. The van der Waals surface area contributed by atoms with Crippen molar-refractivity contribution in [2.45, 2.75) is 52.2 Å². The fraction of sp³-hybridized carbons (Fsp3) is 0.750. The zero-order valence-electron chi connectivity index (χ0n) is 12.4. The van der Waals surface area contributed by atoms with Gasteiger partial charge in [0.05, 0.1) is 12.4 Å². The maximum Gasteiger partial charge on any atom is 0.105 e. The molecule has 0 radical (unpaired) electrons. The average Bonchev–Trinajstić information content (AvgIpc) is 2.78. The second kappa shape index (κ2) is 6.58. The number of hydrogen-bond donors (Lipinski definition) is 1. The SMILES string of the molecule is CCC1CCC(O)C(CN(C)Cc2ccoc2C)C1. The van der Waals surface area contributed by atoms with Crippen molar-refractivity contribution < 1.29 is 9.52 Å². The third-order valence-electron chi connectivity index (χ3n) is 4.58. The Hall–Kier alpha value is -0.800. The minimum absolute atomic E-state index is 0.115. The smallest absolute Gasteiger partial charge is 0.105 e. The molecule has 1 fully saturated rings. The lowest BCUT2D eigenvalue weighted by Crippen LogP contribution is -2.37. The molecule has 0 bridgehead atoms. The molecule has 3 heteroatoms. The first-order valence-corrected chi connectivity index (χ1v) is 7.49. The lowest BCUT2D eigenvalue weighted by molar-refractivity contribution is 0.0298. The summed E-state index contributed by atoms with van der Waals surface area (Å²) in [5.74, 6) is 2.23. The van der Waals surface area contributed by atoms with E-state index in [0.29, 0.717) is 5.92 Å². The molecule has 0 aromatic carbocycles. The van der Waals surface area contributed by atoms with Gasteiger partial charge in [0.15, 0.2) is 0 Å². The molecule has 1 heterocycles. The highest BCUT2D eigenvalue weighted by Crippen LogP contribution is 2.32. The molecule has 2 rings (SSSR count). The predicted molar refractivity (Wildman–Crippen MR) is 76.9 cm³/mol. The average molecular weight is 265 g/mol. The predicted octanol–water partition coefficient (Wildman–Crippen LogP) is 3.21. The maximum atomic E-state index is 10.2. The van der Waals surface area contributed by atoms with Crippen molar-refractivity contribution >= 4 is 0 Å². The molecule has 1 saturated carbocycles. The van der Waals surface area contributed by atoms with Crippen molar-refractivity contribution in [3.05, 3.63) is 23.7 Å². The van der Waals surface area contributed by atoms with E-state index in [9.17, 15) is 5.11 Å². The van der Waals surface area contributed by atoms with Gasteiger partial charge in [0.2, 0.25) is 0 Å². The summed E-state index contributed by atoms with van der Waals surface area (Å²) in [5, 5.41) is 10.2. The highest BCUT2D eigenvalue weighted by atomic mass is 16.3. The summed E-state index contributed by atoms with van der Waals surface area (Å²) in [4.78, 5) is 2.31. The molecule has 0 saturated heterocycles. The standard InChI is InChI=1S/C16H27NO2/c1-4-13-5-6-16(18)15(9-13)11-17(3)10-14-7-8-19-12(14)2/h7-8,13,15-16,18H,4-6,9-11H2,1-3H3. The van der Waals surface area contributed by atoms with E-state index in [0.717, 1.165) is 31.2 Å². The van der Waals surface area contributed by atoms with Gasteiger partial charge >= 0.3 is 0 Å². The van der Waals surface area contributed by atoms with Crippen LogP contribution in [0.15, 0.2) is 16.7 Å². The van der Waals surface area contributed by atoms with Crippen LogP contribution in [0.1, 0.15) is 43.9 Å². The molecule has 1 aliphatic rings. The van der Waals surface area contributed by atoms with Gasteiger partial charge in [-0.3, -0.25) is 0 Å². The third-order valence-corrected chi connectivity index (χ3v) is 4.58. The van der Waals surface area contributed by atoms with Gasteiger partial charge in [0.1, 0.15) is 5.76 Å². The van der Waals surface area contributed by atoms with E-state index in [-0.39, 0.29) is 6.10 Å². The molecular formula is C16H27NO2. The Labute approximate surface area is 116 Å². The van der Waals surface area contributed by atoms with Crippen molar-refractivity contribution in [3.63, 3.8) is 0 Å². The minimum Gasteiger partial charge on any atom is -0.469 e. The van der Waals surface area contributed by atoms with Gasteiger partial charge < -0.3 is 14.4 Å². The number of aryl methyl sites for hydroxylation is 1. The Morgan fingerprint density at radius 3 is 2.84 bits per heavy atom. The molecule has 3 atom stereocenters. The van der Waals surface area contributed by atoms with Crippen molar-refractivity contribution in [1.82, 2.24) is 4.90 Å². The number of nitrogens with zero attached hydrogens (tertiary/aromatic N) is 1. The Morgan fingerprint density at radius 2 is 2.21 bits per heavy atom. The molecular weight excluding hydrogens is 238 g/mol. The zero-order chi connectivity index (χ0) is 13.8. The van der Waals surface area contributed by atoms with Gasteiger partial charge in [-0.2, -0.15) is 0 Å². The van der Waals surface area contributed by atoms with Crippen LogP contribution in [-0.2, 0) is 6.54 Å². The molecule has 3 nitrogen and oxygen atoms in total. The van der Waals surface area contributed by atoms with Crippen molar-refractivity contribution in [2.75, 3.05) is 13.6 Å². The zero-order valence-corrected chi connectivity index (χ0v) is 12.4. The van der Waals surface area contributed by atoms with Gasteiger partial charge in [0, 0.05) is 18.7 Å². The van der Waals surface area contributed by atoms with Crippen molar-refractivity contribution in [1.29, 1.82) is 0 Å². The maximum absolute atomic E-state index is 10.2. The monoisotopic (exact) mass is 265 g/mol. The van der Waals surface area contributed by atoms with Crippen LogP contribution in [0.25, 0.3) is 0 Å². The normalized spacial score (nSPS) is 27.9. The number of hydrogen-bond acceptors (Lipinski definition) is 3.